The lowest BCUT2D eigenvalue weighted by atomic mass is 9.98. The molecule has 4 amide bonds. The Bertz CT molecular complexity index is 752. The Hall–Kier alpha value is -1.27. The van der Waals surface area contributed by atoms with Crippen LogP contribution in [0, 0.1) is 0 Å². The fourth-order valence-electron chi connectivity index (χ4n) is 4.32. The summed E-state index contributed by atoms with van der Waals surface area (Å²) in [6.45, 7) is 7.46. The van der Waals surface area contributed by atoms with Crippen LogP contribution in [-0.4, -0.2) is 70.0 Å². The predicted molar refractivity (Wildman–Crippen MR) is 106 cm³/mol. The van der Waals surface area contributed by atoms with Gasteiger partial charge in [-0.25, -0.2) is 4.21 Å². The number of hydrogen-bond donors (Lipinski definition) is 2. The molecule has 0 aliphatic carbocycles. The van der Waals surface area contributed by atoms with Crippen molar-refractivity contribution in [3.8, 4) is 0 Å². The van der Waals surface area contributed by atoms with Gasteiger partial charge in [0.05, 0.1) is 23.6 Å². The minimum atomic E-state index is -2.16. The van der Waals surface area contributed by atoms with Gasteiger partial charge in [0.15, 0.2) is 0 Å². The van der Waals surface area contributed by atoms with Crippen LogP contribution in [0.2, 0.25) is 0 Å². The van der Waals surface area contributed by atoms with Gasteiger partial charge < -0.3 is 9.80 Å². The molecule has 4 saturated heterocycles. The van der Waals surface area contributed by atoms with E-state index >= 15 is 0 Å². The lowest BCUT2D eigenvalue weighted by molar-refractivity contribution is -0.149. The normalized spacial score (nSPS) is 34.5. The number of carbonyl (C=O) groups is 4. The quantitative estimate of drug-likeness (QED) is 0.570. The van der Waals surface area contributed by atoms with Gasteiger partial charge in [0.1, 0.15) is 12.1 Å². The van der Waals surface area contributed by atoms with Crippen LogP contribution in [0.3, 0.4) is 0 Å². The van der Waals surface area contributed by atoms with E-state index in [0.717, 1.165) is 0 Å². The van der Waals surface area contributed by atoms with Crippen LogP contribution in [0.15, 0.2) is 0 Å². The van der Waals surface area contributed by atoms with Crippen molar-refractivity contribution in [2.75, 3.05) is 0 Å². The Morgan fingerprint density at radius 1 is 0.893 bits per heavy atom. The van der Waals surface area contributed by atoms with E-state index in [0.29, 0.717) is 12.8 Å². The molecule has 4 heterocycles. The van der Waals surface area contributed by atoms with Crippen molar-refractivity contribution in [1.82, 2.24) is 19.2 Å². The highest BCUT2D eigenvalue weighted by atomic mass is 32.2. The molecule has 0 bridgehead atoms. The van der Waals surface area contributed by atoms with Gasteiger partial charge >= 0.3 is 0 Å². The fraction of sp³-hybridized carbons (Fsp3) is 0.750. The number of carbonyl (C=O) groups excluding carboxylic acids is 4. The molecule has 4 fully saturated rings. The third kappa shape index (κ3) is 2.95. The first-order valence-corrected chi connectivity index (χ1v) is 11.8. The summed E-state index contributed by atoms with van der Waals surface area (Å²) in [7, 11) is 0. The SMILES string of the molecule is CC1(C)S[C@@H]2CC(=O)N2[C@H]1C(=O)NS(=O)NC(=O)[C@@H]1N2C(=O)C[C@H]2SC1(C)C. The molecule has 0 aromatic heterocycles. The average molecular weight is 447 g/mol. The van der Waals surface area contributed by atoms with Gasteiger partial charge in [-0.3, -0.25) is 28.6 Å². The van der Waals surface area contributed by atoms with Gasteiger partial charge in [0.2, 0.25) is 23.0 Å². The molecule has 0 saturated carbocycles. The summed E-state index contributed by atoms with van der Waals surface area (Å²) in [5, 5.41) is -0.0705. The second-order valence-corrected chi connectivity index (χ2v) is 13.0. The number of rotatable bonds is 4. The zero-order valence-electron chi connectivity index (χ0n) is 15.9. The summed E-state index contributed by atoms with van der Waals surface area (Å²) in [5.41, 5.74) is 0. The van der Waals surface area contributed by atoms with Crippen LogP contribution in [-0.2, 0) is 30.3 Å². The van der Waals surface area contributed by atoms with Crippen LogP contribution in [0.1, 0.15) is 40.5 Å². The largest absolute Gasteiger partial charge is 0.317 e. The topological polar surface area (TPSA) is 116 Å². The number of fused-ring (bicyclic) bond motifs is 2. The maximum absolute atomic E-state index is 12.7. The first kappa shape index (κ1) is 20.0. The zero-order valence-corrected chi connectivity index (χ0v) is 18.3. The molecule has 0 spiro atoms. The molecule has 4 aliphatic heterocycles. The zero-order chi connectivity index (χ0) is 20.6. The lowest BCUT2D eigenvalue weighted by Crippen LogP contribution is -2.62. The van der Waals surface area contributed by atoms with Crippen molar-refractivity contribution < 1.29 is 23.4 Å². The van der Waals surface area contributed by atoms with E-state index in [1.54, 1.807) is 0 Å². The van der Waals surface area contributed by atoms with Gasteiger partial charge in [-0.2, -0.15) is 0 Å². The Kier molecular flexibility index (Phi) is 4.55. The summed E-state index contributed by atoms with van der Waals surface area (Å²) >= 11 is 0.918. The Balaban J connectivity index is 1.40. The van der Waals surface area contributed by atoms with Crippen LogP contribution < -0.4 is 9.44 Å². The molecule has 154 valence electrons. The van der Waals surface area contributed by atoms with Crippen LogP contribution in [0.25, 0.3) is 0 Å². The number of thioether (sulfide) groups is 2. The maximum atomic E-state index is 12.7. The highest BCUT2D eigenvalue weighted by molar-refractivity contribution is 8.02. The fourth-order valence-corrected chi connectivity index (χ4v) is 8.22. The van der Waals surface area contributed by atoms with Gasteiger partial charge in [-0.1, -0.05) is 0 Å². The highest BCUT2D eigenvalue weighted by Crippen LogP contribution is 2.51. The lowest BCUT2D eigenvalue weighted by Gasteiger charge is -2.38. The van der Waals surface area contributed by atoms with E-state index in [1.165, 1.54) is 33.3 Å². The molecule has 28 heavy (non-hydrogen) atoms. The number of nitrogens with zero attached hydrogens (tertiary/aromatic N) is 2. The molecular weight excluding hydrogens is 424 g/mol. The van der Waals surface area contributed by atoms with Gasteiger partial charge in [0.25, 0.3) is 11.8 Å². The van der Waals surface area contributed by atoms with E-state index in [1.807, 2.05) is 27.7 Å². The van der Waals surface area contributed by atoms with Gasteiger partial charge in [-0.05, 0) is 27.7 Å². The number of amides is 4. The van der Waals surface area contributed by atoms with Crippen LogP contribution >= 0.6 is 23.5 Å². The molecule has 12 heteroatoms. The van der Waals surface area contributed by atoms with Crippen molar-refractivity contribution in [3.63, 3.8) is 0 Å². The first-order valence-electron chi connectivity index (χ1n) is 8.93. The second-order valence-electron chi connectivity index (χ2n) is 8.37. The minimum Gasteiger partial charge on any atom is -0.317 e. The number of nitrogens with one attached hydrogen (secondary N) is 2. The van der Waals surface area contributed by atoms with Crippen molar-refractivity contribution >= 4 is 58.3 Å². The monoisotopic (exact) mass is 446 g/mol. The third-order valence-corrected chi connectivity index (χ3v) is 9.30. The molecule has 0 aromatic rings. The standard InChI is InChI=1S/C16H22N4O5S3/c1-15(2)11(19-7(21)5-9(19)26-15)13(23)17-28(25)18-14(24)12-16(3,4)27-10-6-8(22)20(10)12/h9-12H,5-6H2,1-4H3,(H,17,23)(H,18,24)/t9-,10-,11+,12+/m1/s1. The number of hydrogen-bond acceptors (Lipinski definition) is 7. The molecule has 4 aliphatic rings. The van der Waals surface area contributed by atoms with Crippen molar-refractivity contribution in [1.29, 1.82) is 0 Å². The first-order chi connectivity index (χ1) is 12.9. The van der Waals surface area contributed by atoms with Crippen LogP contribution in [0.4, 0.5) is 0 Å². The van der Waals surface area contributed by atoms with Crippen LogP contribution in [0.5, 0.6) is 0 Å². The molecule has 4 atom stereocenters. The van der Waals surface area contributed by atoms with Gasteiger partial charge in [-0.15, -0.1) is 23.5 Å². The van der Waals surface area contributed by atoms with Crippen molar-refractivity contribution in [2.45, 2.75) is 72.9 Å². The van der Waals surface area contributed by atoms with E-state index < -0.39 is 44.6 Å². The van der Waals surface area contributed by atoms with E-state index in [9.17, 15) is 23.4 Å². The summed E-state index contributed by atoms with van der Waals surface area (Å²) in [5.74, 6) is -1.34. The van der Waals surface area contributed by atoms with E-state index in [4.69, 9.17) is 0 Å². The Morgan fingerprint density at radius 3 is 1.57 bits per heavy atom. The third-order valence-electron chi connectivity index (χ3n) is 5.53. The molecule has 2 N–H and O–H groups in total. The molecule has 0 unspecified atom stereocenters. The Morgan fingerprint density at radius 2 is 1.25 bits per heavy atom. The van der Waals surface area contributed by atoms with E-state index in [-0.39, 0.29) is 22.6 Å². The Labute approximate surface area is 173 Å². The van der Waals surface area contributed by atoms with E-state index in [2.05, 4.69) is 9.44 Å². The molecule has 0 aromatic carbocycles. The van der Waals surface area contributed by atoms with Crippen molar-refractivity contribution in [3.05, 3.63) is 0 Å². The van der Waals surface area contributed by atoms with Crippen molar-refractivity contribution in [2.24, 2.45) is 0 Å². The molecular formula is C16H22N4O5S3. The minimum absolute atomic E-state index is 0.0352. The summed E-state index contributed by atoms with van der Waals surface area (Å²) in [4.78, 5) is 52.1. The molecule has 4 rings (SSSR count). The summed E-state index contributed by atoms with van der Waals surface area (Å²) in [6.07, 6.45) is 0.800. The maximum Gasteiger partial charge on any atom is 0.257 e. The smallest absolute Gasteiger partial charge is 0.257 e. The highest BCUT2D eigenvalue weighted by Gasteiger charge is 2.60. The summed E-state index contributed by atoms with van der Waals surface area (Å²) in [6, 6.07) is -1.49. The average Bonchev–Trinajstić information content (AvgIpc) is 2.90. The number of β-lactam (4-membered cyclic amide) rings is 2. The van der Waals surface area contributed by atoms with Gasteiger partial charge in [0, 0.05) is 9.49 Å². The molecule has 0 radical (unpaired) electrons. The second kappa shape index (κ2) is 6.36. The summed E-state index contributed by atoms with van der Waals surface area (Å²) < 4.78 is 16.0. The molecule has 9 nitrogen and oxygen atoms in total. The predicted octanol–water partition coefficient (Wildman–Crippen LogP) is -0.298.